The van der Waals surface area contributed by atoms with Crippen molar-refractivity contribution < 1.29 is 18.7 Å². The Kier molecular flexibility index (Phi) is 5.68. The van der Waals surface area contributed by atoms with Gasteiger partial charge < -0.3 is 9.15 Å². The largest absolute Gasteiger partial charge is 0.465 e. The van der Waals surface area contributed by atoms with Crippen molar-refractivity contribution in [1.82, 2.24) is 4.98 Å². The van der Waals surface area contributed by atoms with Crippen LogP contribution in [0.2, 0.25) is 0 Å². The molecule has 0 atom stereocenters. The molecule has 7 heteroatoms. The highest BCUT2D eigenvalue weighted by molar-refractivity contribution is 7.21. The van der Waals surface area contributed by atoms with Gasteiger partial charge in [0.15, 0.2) is 0 Å². The van der Waals surface area contributed by atoms with E-state index in [0.717, 1.165) is 21.3 Å². The lowest BCUT2D eigenvalue weighted by atomic mass is 10.1. The first-order valence-corrected chi connectivity index (χ1v) is 10.4. The van der Waals surface area contributed by atoms with Crippen molar-refractivity contribution in [3.05, 3.63) is 77.1 Å². The minimum absolute atomic E-state index is 0.163. The molecular formula is C24H20N2O4S. The lowest BCUT2D eigenvalue weighted by Gasteiger charge is -2.03. The van der Waals surface area contributed by atoms with E-state index in [1.807, 2.05) is 55.5 Å². The van der Waals surface area contributed by atoms with E-state index in [-0.39, 0.29) is 17.4 Å². The molecule has 0 radical (unpaired) electrons. The number of amides is 1. The zero-order valence-corrected chi connectivity index (χ0v) is 18.1. The molecule has 156 valence electrons. The number of rotatable bonds is 5. The van der Waals surface area contributed by atoms with Crippen LogP contribution < -0.4 is 5.32 Å². The van der Waals surface area contributed by atoms with Gasteiger partial charge in [0.25, 0.3) is 5.91 Å². The van der Waals surface area contributed by atoms with Crippen LogP contribution in [0.15, 0.2) is 59.0 Å². The first kappa shape index (κ1) is 20.6. The van der Waals surface area contributed by atoms with E-state index in [1.165, 1.54) is 24.5 Å². The third-order valence-electron chi connectivity index (χ3n) is 4.72. The van der Waals surface area contributed by atoms with E-state index in [1.54, 1.807) is 13.0 Å². The summed E-state index contributed by atoms with van der Waals surface area (Å²) in [5, 5.41) is 3.31. The standard InChI is InChI=1S/C24H20N2O4S/c1-14-8-10-16(11-9-14)12-13-19(27)26-22-21(20(15(2)30-22)24(28)29-3)23-25-17-6-4-5-7-18(17)31-23/h4-13H,1-3H3,(H,26,27)/b13-12+. The average molecular weight is 433 g/mol. The highest BCUT2D eigenvalue weighted by Gasteiger charge is 2.28. The maximum absolute atomic E-state index is 12.6. The van der Waals surface area contributed by atoms with Gasteiger partial charge in [-0.25, -0.2) is 9.78 Å². The lowest BCUT2D eigenvalue weighted by molar-refractivity contribution is -0.111. The van der Waals surface area contributed by atoms with Crippen molar-refractivity contribution in [2.75, 3.05) is 12.4 Å². The summed E-state index contributed by atoms with van der Waals surface area (Å²) in [4.78, 5) is 29.7. The van der Waals surface area contributed by atoms with Gasteiger partial charge in [-0.3, -0.25) is 10.1 Å². The number of esters is 1. The lowest BCUT2D eigenvalue weighted by Crippen LogP contribution is -2.09. The maximum Gasteiger partial charge on any atom is 0.342 e. The minimum atomic E-state index is -0.550. The zero-order valence-electron chi connectivity index (χ0n) is 17.3. The summed E-state index contributed by atoms with van der Waals surface area (Å²) in [5.74, 6) is -0.422. The predicted molar refractivity (Wildman–Crippen MR) is 122 cm³/mol. The molecule has 0 aliphatic carbocycles. The molecule has 2 aromatic heterocycles. The number of nitrogens with zero attached hydrogens (tertiary/aromatic N) is 1. The molecule has 0 saturated carbocycles. The van der Waals surface area contributed by atoms with E-state index in [0.29, 0.717) is 16.3 Å². The number of carbonyl (C=O) groups is 2. The number of methoxy groups -OCH3 is 1. The second kappa shape index (κ2) is 8.57. The quantitative estimate of drug-likeness (QED) is 0.327. The Labute approximate surface area is 183 Å². The molecule has 0 aliphatic rings. The summed E-state index contributed by atoms with van der Waals surface area (Å²) < 4.78 is 11.7. The maximum atomic E-state index is 12.6. The number of hydrogen-bond acceptors (Lipinski definition) is 6. The molecule has 0 unspecified atom stereocenters. The molecule has 4 aromatic rings. The van der Waals surface area contributed by atoms with Gasteiger partial charge in [0, 0.05) is 6.08 Å². The molecular weight excluding hydrogens is 412 g/mol. The van der Waals surface area contributed by atoms with E-state index >= 15 is 0 Å². The number of benzene rings is 2. The van der Waals surface area contributed by atoms with E-state index in [4.69, 9.17) is 9.15 Å². The van der Waals surface area contributed by atoms with Crippen LogP contribution in [0, 0.1) is 13.8 Å². The molecule has 4 rings (SSSR count). The van der Waals surface area contributed by atoms with Gasteiger partial charge in [0.1, 0.15) is 16.3 Å². The van der Waals surface area contributed by atoms with Gasteiger partial charge in [0.2, 0.25) is 5.88 Å². The van der Waals surface area contributed by atoms with Crippen molar-refractivity contribution >= 4 is 45.4 Å². The van der Waals surface area contributed by atoms with Gasteiger partial charge in [0.05, 0.1) is 22.9 Å². The second-order valence-corrected chi connectivity index (χ2v) is 7.98. The molecule has 0 bridgehead atoms. The number of para-hydroxylation sites is 1. The number of ether oxygens (including phenoxy) is 1. The Morgan fingerprint density at radius 2 is 1.84 bits per heavy atom. The summed E-state index contributed by atoms with van der Waals surface area (Å²) in [6.07, 6.45) is 3.13. The number of hydrogen-bond donors (Lipinski definition) is 1. The number of aryl methyl sites for hydroxylation is 2. The summed E-state index contributed by atoms with van der Waals surface area (Å²) in [5.41, 5.74) is 3.51. The van der Waals surface area contributed by atoms with Crippen molar-refractivity contribution in [3.63, 3.8) is 0 Å². The summed E-state index contributed by atoms with van der Waals surface area (Å²) in [6, 6.07) is 15.5. The first-order valence-electron chi connectivity index (χ1n) is 9.59. The molecule has 0 spiro atoms. The van der Waals surface area contributed by atoms with Gasteiger partial charge in [-0.1, -0.05) is 42.0 Å². The van der Waals surface area contributed by atoms with E-state index < -0.39 is 5.97 Å². The van der Waals surface area contributed by atoms with Crippen LogP contribution in [0.1, 0.15) is 27.2 Å². The number of anilines is 1. The molecule has 2 heterocycles. The molecule has 31 heavy (non-hydrogen) atoms. The van der Waals surface area contributed by atoms with Crippen molar-refractivity contribution in [2.24, 2.45) is 0 Å². The molecule has 0 saturated heterocycles. The Balaban J connectivity index is 1.71. The molecule has 6 nitrogen and oxygen atoms in total. The molecule has 0 fully saturated rings. The monoisotopic (exact) mass is 432 g/mol. The highest BCUT2D eigenvalue weighted by atomic mass is 32.1. The van der Waals surface area contributed by atoms with Crippen molar-refractivity contribution in [1.29, 1.82) is 0 Å². The van der Waals surface area contributed by atoms with Crippen LogP contribution in [-0.2, 0) is 9.53 Å². The van der Waals surface area contributed by atoms with Crippen LogP contribution in [0.5, 0.6) is 0 Å². The average Bonchev–Trinajstić information content (AvgIpc) is 3.33. The van der Waals surface area contributed by atoms with E-state index in [2.05, 4.69) is 10.3 Å². The summed E-state index contributed by atoms with van der Waals surface area (Å²) >= 11 is 1.41. The van der Waals surface area contributed by atoms with E-state index in [9.17, 15) is 9.59 Å². The number of nitrogens with one attached hydrogen (secondary N) is 1. The molecule has 2 aromatic carbocycles. The van der Waals surface area contributed by atoms with Crippen molar-refractivity contribution in [2.45, 2.75) is 13.8 Å². The Morgan fingerprint density at radius 1 is 1.10 bits per heavy atom. The fourth-order valence-electron chi connectivity index (χ4n) is 3.17. The van der Waals surface area contributed by atoms with Crippen LogP contribution >= 0.6 is 11.3 Å². The smallest absolute Gasteiger partial charge is 0.342 e. The van der Waals surface area contributed by atoms with Crippen molar-refractivity contribution in [3.8, 4) is 10.6 Å². The number of aromatic nitrogens is 1. The Bertz CT molecular complexity index is 1270. The summed E-state index contributed by atoms with van der Waals surface area (Å²) in [7, 11) is 1.31. The van der Waals surface area contributed by atoms with Crippen LogP contribution in [0.4, 0.5) is 5.88 Å². The molecule has 1 N–H and O–H groups in total. The number of furan rings is 1. The fourth-order valence-corrected chi connectivity index (χ4v) is 4.18. The molecule has 1 amide bonds. The highest BCUT2D eigenvalue weighted by Crippen LogP contribution is 2.40. The Hall–Kier alpha value is -3.71. The van der Waals surface area contributed by atoms with Gasteiger partial charge in [-0.05, 0) is 37.6 Å². The minimum Gasteiger partial charge on any atom is -0.465 e. The zero-order chi connectivity index (χ0) is 22.0. The number of carbonyl (C=O) groups excluding carboxylic acids is 2. The normalized spacial score (nSPS) is 11.2. The van der Waals surface area contributed by atoms with Gasteiger partial charge >= 0.3 is 5.97 Å². The van der Waals surface area contributed by atoms with Gasteiger partial charge in [-0.15, -0.1) is 11.3 Å². The SMILES string of the molecule is COC(=O)c1c(C)oc(NC(=O)/C=C/c2ccc(C)cc2)c1-c1nc2ccccc2s1. The Morgan fingerprint density at radius 3 is 2.55 bits per heavy atom. The predicted octanol–water partition coefficient (Wildman–Crippen LogP) is 5.61. The van der Waals surface area contributed by atoms with Gasteiger partial charge in [-0.2, -0.15) is 0 Å². The third-order valence-corrected chi connectivity index (χ3v) is 5.78. The fraction of sp³-hybridized carbons (Fsp3) is 0.125. The third kappa shape index (κ3) is 4.27. The topological polar surface area (TPSA) is 81.4 Å². The van der Waals surface area contributed by atoms with Crippen LogP contribution in [0.3, 0.4) is 0 Å². The first-order chi connectivity index (χ1) is 15.0. The number of thiazole rings is 1. The van der Waals surface area contributed by atoms with Crippen LogP contribution in [-0.4, -0.2) is 24.0 Å². The van der Waals surface area contributed by atoms with Crippen LogP contribution in [0.25, 0.3) is 26.9 Å². The molecule has 0 aliphatic heterocycles. The summed E-state index contributed by atoms with van der Waals surface area (Å²) in [6.45, 7) is 3.66. The number of fused-ring (bicyclic) bond motifs is 1. The second-order valence-electron chi connectivity index (χ2n) is 6.95.